The predicted molar refractivity (Wildman–Crippen MR) is 73.8 cm³/mol. The first-order valence-electron chi connectivity index (χ1n) is 5.96. The van der Waals surface area contributed by atoms with Crippen LogP contribution in [0.5, 0.6) is 5.75 Å². The summed E-state index contributed by atoms with van der Waals surface area (Å²) in [6.07, 6.45) is 2.52. The Morgan fingerprint density at radius 3 is 3.06 bits per heavy atom. The van der Waals surface area contributed by atoms with Gasteiger partial charge >= 0.3 is 0 Å². The lowest BCUT2D eigenvalue weighted by Crippen LogP contribution is -2.21. The number of halogens is 1. The topological polar surface area (TPSA) is 39.4 Å². The fourth-order valence-corrected chi connectivity index (χ4v) is 2.98. The number of methoxy groups -OCH3 is 1. The van der Waals surface area contributed by atoms with E-state index in [4.69, 9.17) is 9.15 Å². The molecule has 0 N–H and O–H groups in total. The van der Waals surface area contributed by atoms with E-state index in [1.54, 1.807) is 13.2 Å². The summed E-state index contributed by atoms with van der Waals surface area (Å²) >= 11 is 3.59. The highest BCUT2D eigenvalue weighted by Crippen LogP contribution is 2.30. The molecule has 0 amide bonds. The molecule has 0 fully saturated rings. The van der Waals surface area contributed by atoms with Gasteiger partial charge in [0.15, 0.2) is 16.8 Å². The highest BCUT2D eigenvalue weighted by Gasteiger charge is 2.23. The van der Waals surface area contributed by atoms with E-state index in [9.17, 15) is 4.79 Å². The van der Waals surface area contributed by atoms with Crippen LogP contribution < -0.4 is 10.2 Å². The summed E-state index contributed by atoms with van der Waals surface area (Å²) in [7, 11) is 1.58. The molecular weight excluding hydrogens is 296 g/mol. The zero-order valence-electron chi connectivity index (χ0n) is 10.0. The molecule has 0 radical (unpaired) electrons. The molecule has 1 atom stereocenters. The Balaban J connectivity index is 2.34. The van der Waals surface area contributed by atoms with Crippen molar-refractivity contribution >= 4 is 26.9 Å². The molecule has 1 aromatic heterocycles. The number of ether oxygens (including phenoxy) is 1. The summed E-state index contributed by atoms with van der Waals surface area (Å²) in [6.45, 7) is 0. The largest absolute Gasteiger partial charge is 0.493 e. The maximum atomic E-state index is 12.4. The molecule has 0 aliphatic heterocycles. The van der Waals surface area contributed by atoms with Crippen molar-refractivity contribution in [2.45, 2.75) is 24.1 Å². The molecule has 0 spiro atoms. The summed E-state index contributed by atoms with van der Waals surface area (Å²) in [6, 6.07) is 5.43. The van der Waals surface area contributed by atoms with E-state index in [1.165, 1.54) is 0 Å². The van der Waals surface area contributed by atoms with Crippen LogP contribution in [0.1, 0.15) is 17.7 Å². The Morgan fingerprint density at radius 2 is 2.28 bits per heavy atom. The second kappa shape index (κ2) is 4.43. The van der Waals surface area contributed by atoms with Gasteiger partial charge in [-0.05, 0) is 25.0 Å². The van der Waals surface area contributed by atoms with Crippen LogP contribution in [0.4, 0.5) is 0 Å². The average Bonchev–Trinajstić information content (AvgIpc) is 2.38. The summed E-state index contributed by atoms with van der Waals surface area (Å²) in [5.41, 5.74) is 1.47. The quantitative estimate of drug-likeness (QED) is 0.760. The summed E-state index contributed by atoms with van der Waals surface area (Å²) < 4.78 is 11.2. The number of fused-ring (bicyclic) bond motifs is 2. The molecule has 94 valence electrons. The van der Waals surface area contributed by atoms with Gasteiger partial charge in [-0.3, -0.25) is 4.79 Å². The van der Waals surface area contributed by atoms with Gasteiger partial charge < -0.3 is 9.15 Å². The van der Waals surface area contributed by atoms with E-state index < -0.39 is 0 Å². The van der Waals surface area contributed by atoms with Crippen LogP contribution in [-0.2, 0) is 12.8 Å². The molecular formula is C14H13BrO3. The molecule has 0 saturated carbocycles. The van der Waals surface area contributed by atoms with Crippen LogP contribution in [0.15, 0.2) is 27.4 Å². The number of hydrogen-bond donors (Lipinski definition) is 0. The Labute approximate surface area is 113 Å². The fourth-order valence-electron chi connectivity index (χ4n) is 2.46. The standard InChI is InChI=1S/C14H13BrO3/c1-17-11-4-2-3-10-13(16)9-6-5-8(15)7-12(9)18-14(10)11/h2-4,8H,5-7H2,1H3. The van der Waals surface area contributed by atoms with Crippen molar-refractivity contribution in [1.82, 2.24) is 0 Å². The van der Waals surface area contributed by atoms with Crippen molar-refractivity contribution in [1.29, 1.82) is 0 Å². The first-order chi connectivity index (χ1) is 8.70. The van der Waals surface area contributed by atoms with Crippen molar-refractivity contribution in [2.24, 2.45) is 0 Å². The highest BCUT2D eigenvalue weighted by molar-refractivity contribution is 9.09. The van der Waals surface area contributed by atoms with Gasteiger partial charge in [-0.1, -0.05) is 22.0 Å². The molecule has 0 saturated heterocycles. The molecule has 4 heteroatoms. The third-order valence-electron chi connectivity index (χ3n) is 3.39. The second-order valence-corrected chi connectivity index (χ2v) is 5.80. The zero-order chi connectivity index (χ0) is 12.7. The molecule has 1 heterocycles. The molecule has 2 aromatic rings. The van der Waals surface area contributed by atoms with Crippen LogP contribution in [0, 0.1) is 0 Å². The van der Waals surface area contributed by atoms with Gasteiger partial charge in [0.05, 0.1) is 12.5 Å². The van der Waals surface area contributed by atoms with Crippen LogP contribution in [0.3, 0.4) is 0 Å². The maximum Gasteiger partial charge on any atom is 0.196 e. The molecule has 1 aliphatic rings. The van der Waals surface area contributed by atoms with Crippen LogP contribution in [-0.4, -0.2) is 11.9 Å². The van der Waals surface area contributed by atoms with Crippen molar-refractivity contribution in [3.63, 3.8) is 0 Å². The van der Waals surface area contributed by atoms with Gasteiger partial charge in [0.25, 0.3) is 0 Å². The Hall–Kier alpha value is -1.29. The molecule has 1 aromatic carbocycles. The van der Waals surface area contributed by atoms with Gasteiger partial charge in [-0.2, -0.15) is 0 Å². The van der Waals surface area contributed by atoms with Gasteiger partial charge in [0.1, 0.15) is 5.76 Å². The molecule has 1 aliphatic carbocycles. The molecule has 3 nitrogen and oxygen atoms in total. The van der Waals surface area contributed by atoms with E-state index in [2.05, 4.69) is 15.9 Å². The van der Waals surface area contributed by atoms with Gasteiger partial charge in [-0.15, -0.1) is 0 Å². The normalized spacial score (nSPS) is 18.7. The van der Waals surface area contributed by atoms with E-state index >= 15 is 0 Å². The third kappa shape index (κ3) is 1.75. The van der Waals surface area contributed by atoms with Crippen LogP contribution >= 0.6 is 15.9 Å². The van der Waals surface area contributed by atoms with E-state index in [0.29, 0.717) is 21.5 Å². The van der Waals surface area contributed by atoms with E-state index in [-0.39, 0.29) is 5.43 Å². The van der Waals surface area contributed by atoms with Crippen molar-refractivity contribution in [3.8, 4) is 5.75 Å². The average molecular weight is 309 g/mol. The Morgan fingerprint density at radius 1 is 1.44 bits per heavy atom. The number of alkyl halides is 1. The zero-order valence-corrected chi connectivity index (χ0v) is 11.6. The molecule has 1 unspecified atom stereocenters. The Kier molecular flexibility index (Phi) is 2.90. The fraction of sp³-hybridized carbons (Fsp3) is 0.357. The molecule has 3 rings (SSSR count). The van der Waals surface area contributed by atoms with Gasteiger partial charge in [0, 0.05) is 16.8 Å². The lowest BCUT2D eigenvalue weighted by molar-refractivity contribution is 0.402. The molecule has 0 bridgehead atoms. The predicted octanol–water partition coefficient (Wildman–Crippen LogP) is 3.05. The molecule has 18 heavy (non-hydrogen) atoms. The summed E-state index contributed by atoms with van der Waals surface area (Å²) in [5, 5.41) is 0.612. The minimum Gasteiger partial charge on any atom is -0.493 e. The smallest absolute Gasteiger partial charge is 0.196 e. The third-order valence-corrected chi connectivity index (χ3v) is 4.18. The van der Waals surface area contributed by atoms with Crippen molar-refractivity contribution in [2.75, 3.05) is 7.11 Å². The van der Waals surface area contributed by atoms with Crippen molar-refractivity contribution in [3.05, 3.63) is 39.7 Å². The number of benzene rings is 1. The monoisotopic (exact) mass is 308 g/mol. The number of para-hydroxylation sites is 1. The number of rotatable bonds is 1. The second-order valence-electron chi connectivity index (χ2n) is 4.51. The summed E-state index contributed by atoms with van der Waals surface area (Å²) in [4.78, 5) is 12.8. The van der Waals surface area contributed by atoms with Crippen LogP contribution in [0.25, 0.3) is 11.0 Å². The minimum atomic E-state index is 0.0875. The van der Waals surface area contributed by atoms with Gasteiger partial charge in [0.2, 0.25) is 0 Å². The number of hydrogen-bond acceptors (Lipinski definition) is 3. The van der Waals surface area contributed by atoms with Gasteiger partial charge in [-0.25, -0.2) is 0 Å². The van der Waals surface area contributed by atoms with E-state index in [0.717, 1.165) is 30.6 Å². The highest BCUT2D eigenvalue weighted by atomic mass is 79.9. The summed E-state index contributed by atoms with van der Waals surface area (Å²) in [5.74, 6) is 1.41. The maximum absolute atomic E-state index is 12.4. The first-order valence-corrected chi connectivity index (χ1v) is 6.88. The lowest BCUT2D eigenvalue weighted by atomic mass is 9.95. The van der Waals surface area contributed by atoms with Crippen molar-refractivity contribution < 1.29 is 9.15 Å². The van der Waals surface area contributed by atoms with Crippen LogP contribution in [0.2, 0.25) is 0 Å². The SMILES string of the molecule is COc1cccc2c(=O)c3c(oc12)CC(Br)CC3. The lowest BCUT2D eigenvalue weighted by Gasteiger charge is -2.19. The minimum absolute atomic E-state index is 0.0875. The van der Waals surface area contributed by atoms with E-state index in [1.807, 2.05) is 12.1 Å². The first kappa shape index (κ1) is 11.8. The Bertz CT molecular complexity index is 660.